The Morgan fingerprint density at radius 3 is 2.62 bits per heavy atom. The molecule has 0 saturated carbocycles. The van der Waals surface area contributed by atoms with Crippen LogP contribution >= 0.6 is 15.9 Å². The van der Waals surface area contributed by atoms with Crippen molar-refractivity contribution in [2.45, 2.75) is 4.90 Å². The molecule has 2 aromatic carbocycles. The van der Waals surface area contributed by atoms with Crippen LogP contribution in [0.4, 0.5) is 11.4 Å². The standard InChI is InChI=1S/C18H16BrN3O6S/c1-29(26,27)13-3-4-14(15(10-13)22(24)25)20-6-7-21-18(23)17-9-11-8-12(19)2-5-16(11)28-17/h2-5,8-10,20H,6-7H2,1H3,(H,21,23). The number of nitrogens with one attached hydrogen (secondary N) is 2. The van der Waals surface area contributed by atoms with E-state index >= 15 is 0 Å². The lowest BCUT2D eigenvalue weighted by Crippen LogP contribution is -2.28. The van der Waals surface area contributed by atoms with Crippen LogP contribution in [0.5, 0.6) is 0 Å². The number of nitro groups is 1. The Morgan fingerprint density at radius 1 is 1.17 bits per heavy atom. The van der Waals surface area contributed by atoms with Crippen LogP contribution < -0.4 is 10.6 Å². The zero-order valence-corrected chi connectivity index (χ0v) is 17.5. The van der Waals surface area contributed by atoms with Crippen molar-refractivity contribution in [1.29, 1.82) is 0 Å². The minimum Gasteiger partial charge on any atom is -0.451 e. The van der Waals surface area contributed by atoms with E-state index in [4.69, 9.17) is 4.42 Å². The van der Waals surface area contributed by atoms with Crippen molar-refractivity contribution >= 4 is 54.0 Å². The quantitative estimate of drug-likeness (QED) is 0.300. The molecule has 0 radical (unpaired) electrons. The third-order valence-electron chi connectivity index (χ3n) is 4.02. The first-order valence-corrected chi connectivity index (χ1v) is 11.0. The van der Waals surface area contributed by atoms with E-state index in [9.17, 15) is 23.3 Å². The lowest BCUT2D eigenvalue weighted by Gasteiger charge is -2.09. The van der Waals surface area contributed by atoms with Crippen molar-refractivity contribution in [2.24, 2.45) is 0 Å². The molecule has 0 bridgehead atoms. The van der Waals surface area contributed by atoms with E-state index in [1.54, 1.807) is 18.2 Å². The van der Waals surface area contributed by atoms with Gasteiger partial charge in [-0.2, -0.15) is 0 Å². The minimum atomic E-state index is -3.56. The summed E-state index contributed by atoms with van der Waals surface area (Å²) in [5.41, 5.74) is 0.380. The largest absolute Gasteiger partial charge is 0.451 e. The van der Waals surface area contributed by atoms with Gasteiger partial charge in [-0.15, -0.1) is 0 Å². The Morgan fingerprint density at radius 2 is 1.93 bits per heavy atom. The fourth-order valence-corrected chi connectivity index (χ4v) is 3.65. The number of carbonyl (C=O) groups is 1. The molecule has 0 atom stereocenters. The summed E-state index contributed by atoms with van der Waals surface area (Å²) in [6.45, 7) is 0.362. The number of hydrogen-bond acceptors (Lipinski definition) is 7. The average Bonchev–Trinajstić information content (AvgIpc) is 3.07. The molecule has 0 unspecified atom stereocenters. The second kappa shape index (κ2) is 8.21. The van der Waals surface area contributed by atoms with Gasteiger partial charge in [0.25, 0.3) is 11.6 Å². The number of sulfone groups is 1. The van der Waals surface area contributed by atoms with Crippen molar-refractivity contribution in [3.8, 4) is 0 Å². The number of hydrogen-bond donors (Lipinski definition) is 2. The summed E-state index contributed by atoms with van der Waals surface area (Å²) < 4.78 is 29.5. The molecule has 1 aromatic heterocycles. The molecule has 0 fully saturated rings. The third-order valence-corrected chi connectivity index (χ3v) is 5.63. The fourth-order valence-electron chi connectivity index (χ4n) is 2.63. The number of benzene rings is 2. The first-order valence-electron chi connectivity index (χ1n) is 8.35. The number of anilines is 1. The van der Waals surface area contributed by atoms with E-state index in [0.717, 1.165) is 22.2 Å². The Bertz CT molecular complexity index is 1210. The highest BCUT2D eigenvalue weighted by Gasteiger charge is 2.18. The highest BCUT2D eigenvalue weighted by molar-refractivity contribution is 9.10. The van der Waals surface area contributed by atoms with Gasteiger partial charge in [0.2, 0.25) is 0 Å². The van der Waals surface area contributed by atoms with Crippen LogP contribution in [0.2, 0.25) is 0 Å². The monoisotopic (exact) mass is 481 g/mol. The molecule has 0 aliphatic carbocycles. The van der Waals surface area contributed by atoms with Crippen LogP contribution in [0.25, 0.3) is 11.0 Å². The SMILES string of the molecule is CS(=O)(=O)c1ccc(NCCNC(=O)c2cc3cc(Br)ccc3o2)c([N+](=O)[O-])c1. The summed E-state index contributed by atoms with van der Waals surface area (Å²) >= 11 is 3.35. The molecule has 3 aromatic rings. The van der Waals surface area contributed by atoms with Crippen molar-refractivity contribution in [2.75, 3.05) is 24.7 Å². The second-order valence-corrected chi connectivity index (χ2v) is 9.12. The fraction of sp³-hybridized carbons (Fsp3) is 0.167. The molecule has 11 heteroatoms. The average molecular weight is 482 g/mol. The van der Waals surface area contributed by atoms with E-state index in [1.165, 1.54) is 12.1 Å². The van der Waals surface area contributed by atoms with Crippen LogP contribution in [-0.4, -0.2) is 38.6 Å². The molecule has 9 nitrogen and oxygen atoms in total. The van der Waals surface area contributed by atoms with Crippen LogP contribution in [0, 0.1) is 10.1 Å². The highest BCUT2D eigenvalue weighted by Crippen LogP contribution is 2.27. The number of fused-ring (bicyclic) bond motifs is 1. The van der Waals surface area contributed by atoms with E-state index in [2.05, 4.69) is 26.6 Å². The summed E-state index contributed by atoms with van der Waals surface area (Å²) in [7, 11) is -3.56. The number of furan rings is 1. The summed E-state index contributed by atoms with van der Waals surface area (Å²) in [6, 6.07) is 10.6. The number of nitro benzene ring substituents is 1. The number of nitrogens with zero attached hydrogens (tertiary/aromatic N) is 1. The molecule has 2 N–H and O–H groups in total. The van der Waals surface area contributed by atoms with E-state index in [-0.39, 0.29) is 35.1 Å². The van der Waals surface area contributed by atoms with Gasteiger partial charge in [0.1, 0.15) is 11.3 Å². The topological polar surface area (TPSA) is 132 Å². The molecule has 1 heterocycles. The molecule has 3 rings (SSSR count). The number of halogens is 1. The molecule has 29 heavy (non-hydrogen) atoms. The zero-order valence-electron chi connectivity index (χ0n) is 15.1. The van der Waals surface area contributed by atoms with E-state index in [0.29, 0.717) is 5.58 Å². The first-order chi connectivity index (χ1) is 13.6. The number of amides is 1. The lowest BCUT2D eigenvalue weighted by molar-refractivity contribution is -0.384. The predicted molar refractivity (Wildman–Crippen MR) is 111 cm³/mol. The van der Waals surface area contributed by atoms with Gasteiger partial charge in [-0.05, 0) is 36.4 Å². The number of rotatable bonds is 7. The van der Waals surface area contributed by atoms with Crippen LogP contribution in [-0.2, 0) is 9.84 Å². The zero-order chi connectivity index (χ0) is 21.2. The van der Waals surface area contributed by atoms with Gasteiger partial charge >= 0.3 is 0 Å². The van der Waals surface area contributed by atoms with Gasteiger partial charge in [0.15, 0.2) is 15.6 Å². The van der Waals surface area contributed by atoms with Crippen molar-refractivity contribution in [3.05, 3.63) is 62.8 Å². The Hall–Kier alpha value is -2.92. The highest BCUT2D eigenvalue weighted by atomic mass is 79.9. The number of carbonyl (C=O) groups excluding carboxylic acids is 1. The van der Waals surface area contributed by atoms with Crippen LogP contribution in [0.15, 0.2) is 56.2 Å². The Balaban J connectivity index is 1.62. The van der Waals surface area contributed by atoms with Gasteiger partial charge in [0.05, 0.1) is 9.82 Å². The maximum atomic E-state index is 12.2. The maximum Gasteiger partial charge on any atom is 0.293 e. The molecular formula is C18H16BrN3O6S. The van der Waals surface area contributed by atoms with Crippen LogP contribution in [0.3, 0.4) is 0 Å². The van der Waals surface area contributed by atoms with E-state index < -0.39 is 20.7 Å². The molecular weight excluding hydrogens is 466 g/mol. The smallest absolute Gasteiger partial charge is 0.293 e. The van der Waals surface area contributed by atoms with Crippen molar-refractivity contribution < 1.29 is 22.6 Å². The van der Waals surface area contributed by atoms with Gasteiger partial charge < -0.3 is 15.1 Å². The van der Waals surface area contributed by atoms with Crippen molar-refractivity contribution in [1.82, 2.24) is 5.32 Å². The molecule has 0 aliphatic rings. The Labute approximate surface area is 174 Å². The predicted octanol–water partition coefficient (Wildman–Crippen LogP) is 3.35. The second-order valence-electron chi connectivity index (χ2n) is 6.18. The summed E-state index contributed by atoms with van der Waals surface area (Å²) in [4.78, 5) is 22.6. The summed E-state index contributed by atoms with van der Waals surface area (Å²) in [5, 5.41) is 17.5. The normalized spacial score (nSPS) is 11.4. The van der Waals surface area contributed by atoms with Gasteiger partial charge in [0, 0.05) is 35.3 Å². The maximum absolute atomic E-state index is 12.2. The molecule has 0 spiro atoms. The van der Waals surface area contributed by atoms with Gasteiger partial charge in [-0.1, -0.05) is 15.9 Å². The Kier molecular flexibility index (Phi) is 5.89. The van der Waals surface area contributed by atoms with Gasteiger partial charge in [-0.3, -0.25) is 14.9 Å². The third kappa shape index (κ3) is 4.93. The van der Waals surface area contributed by atoms with Crippen molar-refractivity contribution in [3.63, 3.8) is 0 Å². The summed E-state index contributed by atoms with van der Waals surface area (Å²) in [5.74, 6) is -0.261. The first kappa shape index (κ1) is 20.8. The molecule has 0 aliphatic heterocycles. The molecule has 1 amide bonds. The molecule has 0 saturated heterocycles. The summed E-state index contributed by atoms with van der Waals surface area (Å²) in [6.07, 6.45) is 0.978. The minimum absolute atomic E-state index is 0.139. The van der Waals surface area contributed by atoms with E-state index in [1.807, 2.05) is 6.07 Å². The molecule has 152 valence electrons. The van der Waals surface area contributed by atoms with Gasteiger partial charge in [-0.25, -0.2) is 8.42 Å². The van der Waals surface area contributed by atoms with Crippen LogP contribution in [0.1, 0.15) is 10.6 Å². The lowest BCUT2D eigenvalue weighted by atomic mass is 10.2.